The van der Waals surface area contributed by atoms with Crippen molar-refractivity contribution < 1.29 is 4.74 Å². The lowest BCUT2D eigenvalue weighted by Crippen LogP contribution is -2.08. The summed E-state index contributed by atoms with van der Waals surface area (Å²) in [6.07, 6.45) is 1.88. The summed E-state index contributed by atoms with van der Waals surface area (Å²) < 4.78 is 5.19. The van der Waals surface area contributed by atoms with Crippen molar-refractivity contribution in [2.75, 3.05) is 26.1 Å². The van der Waals surface area contributed by atoms with Gasteiger partial charge < -0.3 is 9.64 Å². The summed E-state index contributed by atoms with van der Waals surface area (Å²) >= 11 is 0. The number of nitrogens with zero attached hydrogens (tertiary/aromatic N) is 2. The highest BCUT2D eigenvalue weighted by molar-refractivity contribution is 5.83. The molecular formula is C17H20N2O. The zero-order valence-corrected chi connectivity index (χ0v) is 12.4. The van der Waals surface area contributed by atoms with Crippen LogP contribution in [-0.2, 0) is 0 Å². The Morgan fingerprint density at radius 1 is 1.05 bits per heavy atom. The normalized spacial score (nSPS) is 10.8. The molecule has 0 saturated carbocycles. The van der Waals surface area contributed by atoms with Crippen molar-refractivity contribution in [3.8, 4) is 5.75 Å². The van der Waals surface area contributed by atoms with Crippen molar-refractivity contribution in [1.82, 2.24) is 0 Å². The summed E-state index contributed by atoms with van der Waals surface area (Å²) in [7, 11) is 5.73. The van der Waals surface area contributed by atoms with Crippen LogP contribution in [0.15, 0.2) is 47.5 Å². The van der Waals surface area contributed by atoms with Gasteiger partial charge in [0.1, 0.15) is 5.75 Å². The van der Waals surface area contributed by atoms with Crippen LogP contribution in [0.25, 0.3) is 0 Å². The van der Waals surface area contributed by atoms with E-state index in [4.69, 9.17) is 4.74 Å². The number of aliphatic imine (C=N–C) groups is 1. The van der Waals surface area contributed by atoms with Crippen LogP contribution in [0.1, 0.15) is 11.1 Å². The van der Waals surface area contributed by atoms with Crippen LogP contribution < -0.4 is 9.64 Å². The molecule has 2 aromatic carbocycles. The van der Waals surface area contributed by atoms with Crippen LogP contribution in [0.3, 0.4) is 0 Å². The minimum absolute atomic E-state index is 0.858. The van der Waals surface area contributed by atoms with Gasteiger partial charge in [-0.05, 0) is 48.4 Å². The molecule has 0 fully saturated rings. The molecule has 2 aromatic rings. The minimum Gasteiger partial charge on any atom is -0.497 e. The molecule has 0 aliphatic heterocycles. The smallest absolute Gasteiger partial charge is 0.119 e. The number of hydrogen-bond acceptors (Lipinski definition) is 3. The number of aryl methyl sites for hydroxylation is 1. The summed E-state index contributed by atoms with van der Waals surface area (Å²) in [6, 6.07) is 14.2. The number of ether oxygens (including phenoxy) is 1. The van der Waals surface area contributed by atoms with E-state index >= 15 is 0 Å². The fraction of sp³-hybridized carbons (Fsp3) is 0.235. The molecule has 0 unspecified atom stereocenters. The van der Waals surface area contributed by atoms with Gasteiger partial charge in [-0.1, -0.05) is 12.1 Å². The van der Waals surface area contributed by atoms with Gasteiger partial charge in [0.2, 0.25) is 0 Å². The van der Waals surface area contributed by atoms with Crippen LogP contribution >= 0.6 is 0 Å². The Morgan fingerprint density at radius 2 is 1.75 bits per heavy atom. The van der Waals surface area contributed by atoms with Gasteiger partial charge in [-0.3, -0.25) is 4.99 Å². The van der Waals surface area contributed by atoms with Gasteiger partial charge in [-0.15, -0.1) is 0 Å². The summed E-state index contributed by atoms with van der Waals surface area (Å²) in [5.41, 5.74) is 4.33. The van der Waals surface area contributed by atoms with Crippen molar-refractivity contribution in [1.29, 1.82) is 0 Å². The quantitative estimate of drug-likeness (QED) is 0.787. The molecule has 2 rings (SSSR count). The molecular weight excluding hydrogens is 248 g/mol. The molecule has 104 valence electrons. The lowest BCUT2D eigenvalue weighted by atomic mass is 10.2. The number of anilines is 1. The van der Waals surface area contributed by atoms with Gasteiger partial charge in [0.15, 0.2) is 0 Å². The first-order valence-electron chi connectivity index (χ1n) is 6.56. The predicted octanol–water partition coefficient (Wildman–Crippen LogP) is 3.82. The van der Waals surface area contributed by atoms with Crippen molar-refractivity contribution in [3.05, 3.63) is 53.6 Å². The second-order valence-electron chi connectivity index (χ2n) is 4.90. The Balaban J connectivity index is 2.16. The molecule has 20 heavy (non-hydrogen) atoms. The van der Waals surface area contributed by atoms with Crippen LogP contribution in [0.5, 0.6) is 5.75 Å². The molecule has 0 amide bonds. The van der Waals surface area contributed by atoms with Gasteiger partial charge in [0, 0.05) is 26.0 Å². The van der Waals surface area contributed by atoms with E-state index in [2.05, 4.69) is 34.2 Å². The Kier molecular flexibility index (Phi) is 4.41. The zero-order chi connectivity index (χ0) is 14.5. The number of benzene rings is 2. The first-order chi connectivity index (χ1) is 9.60. The Morgan fingerprint density at radius 3 is 2.30 bits per heavy atom. The highest BCUT2D eigenvalue weighted by Crippen LogP contribution is 2.23. The maximum Gasteiger partial charge on any atom is 0.119 e. The van der Waals surface area contributed by atoms with E-state index in [1.165, 1.54) is 5.69 Å². The maximum absolute atomic E-state index is 5.19. The second kappa shape index (κ2) is 6.24. The summed E-state index contributed by atoms with van der Waals surface area (Å²) in [6.45, 7) is 2.03. The number of rotatable bonds is 4. The molecule has 0 spiro atoms. The van der Waals surface area contributed by atoms with Crippen LogP contribution in [0.2, 0.25) is 0 Å². The molecule has 3 heteroatoms. The monoisotopic (exact) mass is 268 g/mol. The molecule has 0 N–H and O–H groups in total. The summed E-state index contributed by atoms with van der Waals surface area (Å²) in [4.78, 5) is 6.61. The fourth-order valence-corrected chi connectivity index (χ4v) is 1.90. The van der Waals surface area contributed by atoms with Crippen LogP contribution in [0, 0.1) is 6.92 Å². The first-order valence-corrected chi connectivity index (χ1v) is 6.56. The SMILES string of the molecule is COc1ccc(N=Cc2ccc(N(C)C)cc2)c(C)c1. The van der Waals surface area contributed by atoms with Gasteiger partial charge in [0.25, 0.3) is 0 Å². The van der Waals surface area contributed by atoms with E-state index in [1.807, 2.05) is 45.4 Å². The van der Waals surface area contributed by atoms with Crippen molar-refractivity contribution in [3.63, 3.8) is 0 Å². The number of methoxy groups -OCH3 is 1. The highest BCUT2D eigenvalue weighted by Gasteiger charge is 1.98. The largest absolute Gasteiger partial charge is 0.497 e. The molecule has 0 saturated heterocycles. The lowest BCUT2D eigenvalue weighted by Gasteiger charge is -2.11. The Labute approximate surface area is 120 Å². The van der Waals surface area contributed by atoms with E-state index in [9.17, 15) is 0 Å². The van der Waals surface area contributed by atoms with E-state index in [0.717, 1.165) is 22.6 Å². The minimum atomic E-state index is 0.858. The van der Waals surface area contributed by atoms with Crippen molar-refractivity contribution in [2.45, 2.75) is 6.92 Å². The number of hydrogen-bond donors (Lipinski definition) is 0. The maximum atomic E-state index is 5.19. The van der Waals surface area contributed by atoms with Gasteiger partial charge in [-0.2, -0.15) is 0 Å². The van der Waals surface area contributed by atoms with Crippen molar-refractivity contribution in [2.24, 2.45) is 4.99 Å². The Hall–Kier alpha value is -2.29. The van der Waals surface area contributed by atoms with E-state index in [0.29, 0.717) is 0 Å². The second-order valence-corrected chi connectivity index (χ2v) is 4.90. The van der Waals surface area contributed by atoms with Crippen LogP contribution in [-0.4, -0.2) is 27.4 Å². The molecule has 0 heterocycles. The van der Waals surface area contributed by atoms with Gasteiger partial charge in [-0.25, -0.2) is 0 Å². The average molecular weight is 268 g/mol. The van der Waals surface area contributed by atoms with Gasteiger partial charge >= 0.3 is 0 Å². The topological polar surface area (TPSA) is 24.8 Å². The molecule has 0 atom stereocenters. The third-order valence-electron chi connectivity index (χ3n) is 3.17. The predicted molar refractivity (Wildman–Crippen MR) is 85.8 cm³/mol. The van der Waals surface area contributed by atoms with E-state index in [-0.39, 0.29) is 0 Å². The molecule has 3 nitrogen and oxygen atoms in total. The molecule has 0 aliphatic rings. The lowest BCUT2D eigenvalue weighted by molar-refractivity contribution is 0.414. The first kappa shape index (κ1) is 14.1. The third kappa shape index (κ3) is 3.38. The third-order valence-corrected chi connectivity index (χ3v) is 3.17. The molecule has 0 radical (unpaired) electrons. The van der Waals surface area contributed by atoms with Crippen molar-refractivity contribution >= 4 is 17.6 Å². The molecule has 0 aliphatic carbocycles. The average Bonchev–Trinajstić information content (AvgIpc) is 2.46. The Bertz CT molecular complexity index is 601. The standard InChI is InChI=1S/C17H20N2O/c1-13-11-16(20-4)9-10-17(13)18-12-14-5-7-15(8-6-14)19(2)3/h5-12H,1-4H3. The zero-order valence-electron chi connectivity index (χ0n) is 12.4. The highest BCUT2D eigenvalue weighted by atomic mass is 16.5. The summed E-state index contributed by atoms with van der Waals surface area (Å²) in [5, 5.41) is 0. The van der Waals surface area contributed by atoms with E-state index in [1.54, 1.807) is 7.11 Å². The fourth-order valence-electron chi connectivity index (χ4n) is 1.90. The molecule has 0 aromatic heterocycles. The van der Waals surface area contributed by atoms with E-state index < -0.39 is 0 Å². The van der Waals surface area contributed by atoms with Gasteiger partial charge in [0.05, 0.1) is 12.8 Å². The summed E-state index contributed by atoms with van der Waals surface area (Å²) in [5.74, 6) is 0.858. The van der Waals surface area contributed by atoms with Crippen LogP contribution in [0.4, 0.5) is 11.4 Å². The molecule has 0 bridgehead atoms.